The van der Waals surface area contributed by atoms with Gasteiger partial charge in [-0.15, -0.1) is 0 Å². The molecule has 0 amide bonds. The molecule has 0 saturated heterocycles. The highest BCUT2D eigenvalue weighted by molar-refractivity contribution is 5.80. The summed E-state index contributed by atoms with van der Waals surface area (Å²) in [6.45, 7) is 5.62. The van der Waals surface area contributed by atoms with Gasteiger partial charge >= 0.3 is 0 Å². The summed E-state index contributed by atoms with van der Waals surface area (Å²) in [6.07, 6.45) is 9.07. The molecule has 4 nitrogen and oxygen atoms in total. The second kappa shape index (κ2) is 7.05. The molecular weight excluding hydrogens is 262 g/mol. The molecule has 0 aromatic carbocycles. The molecule has 4 heteroatoms. The fourth-order valence-electron chi connectivity index (χ4n) is 2.56. The Hall–Kier alpha value is -1.39. The summed E-state index contributed by atoms with van der Waals surface area (Å²) in [4.78, 5) is 4.54. The van der Waals surface area contributed by atoms with E-state index in [-0.39, 0.29) is 0 Å². The predicted octanol–water partition coefficient (Wildman–Crippen LogP) is 3.11. The molecule has 2 aromatic heterocycles. The minimum Gasteiger partial charge on any atom is -0.380 e. The van der Waals surface area contributed by atoms with E-state index in [1.165, 1.54) is 30.2 Å². The van der Waals surface area contributed by atoms with Crippen molar-refractivity contribution in [1.29, 1.82) is 0 Å². The van der Waals surface area contributed by atoms with Gasteiger partial charge in [-0.2, -0.15) is 0 Å². The summed E-state index contributed by atoms with van der Waals surface area (Å²) in [6, 6.07) is 4.92. The molecule has 1 saturated carbocycles. The summed E-state index contributed by atoms with van der Waals surface area (Å²) < 4.78 is 7.91. The minimum absolute atomic E-state index is 0.734. The third kappa shape index (κ3) is 3.83. The van der Waals surface area contributed by atoms with Crippen molar-refractivity contribution >= 4 is 11.0 Å². The number of pyridine rings is 1. The molecule has 0 aliphatic heterocycles. The number of fused-ring (bicyclic) bond motifs is 1. The molecule has 0 spiro atoms. The Morgan fingerprint density at radius 3 is 3.10 bits per heavy atom. The maximum Gasteiger partial charge on any atom is 0.140 e. The Morgan fingerprint density at radius 1 is 1.38 bits per heavy atom. The van der Waals surface area contributed by atoms with Crippen LogP contribution >= 0.6 is 0 Å². The van der Waals surface area contributed by atoms with Crippen LogP contribution in [-0.2, 0) is 17.8 Å². The first-order chi connectivity index (χ1) is 10.4. The number of ether oxygens (including phenoxy) is 1. The fraction of sp³-hybridized carbons (Fsp3) is 0.588. The zero-order valence-electron chi connectivity index (χ0n) is 12.8. The topological polar surface area (TPSA) is 39.1 Å². The lowest BCUT2D eigenvalue weighted by Crippen LogP contribution is -2.15. The average Bonchev–Trinajstić information content (AvgIpc) is 3.28. The van der Waals surface area contributed by atoms with Gasteiger partial charge in [0, 0.05) is 43.5 Å². The maximum atomic E-state index is 5.68. The van der Waals surface area contributed by atoms with E-state index in [1.54, 1.807) is 0 Å². The van der Waals surface area contributed by atoms with Crippen LogP contribution in [0, 0.1) is 0 Å². The van der Waals surface area contributed by atoms with Crippen LogP contribution in [0.5, 0.6) is 0 Å². The summed E-state index contributed by atoms with van der Waals surface area (Å²) in [5, 5.41) is 4.85. The monoisotopic (exact) mass is 287 g/mol. The maximum absolute atomic E-state index is 5.68. The van der Waals surface area contributed by atoms with Gasteiger partial charge < -0.3 is 14.6 Å². The van der Waals surface area contributed by atoms with Crippen LogP contribution in [0.4, 0.5) is 0 Å². The van der Waals surface area contributed by atoms with Gasteiger partial charge in [-0.25, -0.2) is 4.98 Å². The van der Waals surface area contributed by atoms with Crippen LogP contribution < -0.4 is 5.32 Å². The molecule has 21 heavy (non-hydrogen) atoms. The van der Waals surface area contributed by atoms with Crippen LogP contribution in [0.3, 0.4) is 0 Å². The van der Waals surface area contributed by atoms with Crippen molar-refractivity contribution in [2.75, 3.05) is 13.2 Å². The fourth-order valence-corrected chi connectivity index (χ4v) is 2.56. The van der Waals surface area contributed by atoms with E-state index < -0.39 is 0 Å². The van der Waals surface area contributed by atoms with Crippen molar-refractivity contribution in [3.8, 4) is 0 Å². The highest BCUT2D eigenvalue weighted by Crippen LogP contribution is 2.23. The summed E-state index contributed by atoms with van der Waals surface area (Å²) >= 11 is 0. The molecule has 1 N–H and O–H groups in total. The molecule has 1 aliphatic carbocycles. The first-order valence-corrected chi connectivity index (χ1v) is 8.12. The van der Waals surface area contributed by atoms with Gasteiger partial charge in [0.25, 0.3) is 0 Å². The average molecular weight is 287 g/mol. The van der Waals surface area contributed by atoms with E-state index in [0.29, 0.717) is 0 Å². The van der Waals surface area contributed by atoms with Gasteiger partial charge in [-0.1, -0.05) is 13.3 Å². The summed E-state index contributed by atoms with van der Waals surface area (Å²) in [5.41, 5.74) is 2.42. The van der Waals surface area contributed by atoms with E-state index in [1.807, 2.05) is 12.3 Å². The largest absolute Gasteiger partial charge is 0.380 e. The van der Waals surface area contributed by atoms with Crippen LogP contribution in [0.2, 0.25) is 0 Å². The third-order valence-corrected chi connectivity index (χ3v) is 3.99. The smallest absolute Gasteiger partial charge is 0.140 e. The van der Waals surface area contributed by atoms with E-state index in [2.05, 4.69) is 34.1 Å². The number of rotatable bonds is 9. The molecule has 0 unspecified atom stereocenters. The van der Waals surface area contributed by atoms with Gasteiger partial charge in [-0.05, 0) is 37.0 Å². The number of unbranched alkanes of at least 4 members (excludes halogenated alkanes) is 1. The Kier molecular flexibility index (Phi) is 4.88. The van der Waals surface area contributed by atoms with Gasteiger partial charge in [-0.3, -0.25) is 0 Å². The van der Waals surface area contributed by atoms with E-state index in [0.717, 1.165) is 44.4 Å². The highest BCUT2D eigenvalue weighted by atomic mass is 16.5. The normalized spacial score (nSPS) is 14.9. The molecule has 2 aromatic rings. The number of aromatic nitrogens is 2. The quantitative estimate of drug-likeness (QED) is 0.720. The van der Waals surface area contributed by atoms with Gasteiger partial charge in [0.1, 0.15) is 5.65 Å². The Bertz CT molecular complexity index is 574. The zero-order valence-corrected chi connectivity index (χ0v) is 12.8. The predicted molar refractivity (Wildman–Crippen MR) is 85.3 cm³/mol. The molecule has 3 rings (SSSR count). The molecule has 0 bridgehead atoms. The molecule has 114 valence electrons. The van der Waals surface area contributed by atoms with Crippen molar-refractivity contribution in [3.63, 3.8) is 0 Å². The number of hydrogen-bond donors (Lipinski definition) is 1. The molecule has 1 fully saturated rings. The lowest BCUT2D eigenvalue weighted by Gasteiger charge is -2.05. The van der Waals surface area contributed by atoms with E-state index in [4.69, 9.17) is 4.74 Å². The first kappa shape index (κ1) is 14.5. The van der Waals surface area contributed by atoms with E-state index in [9.17, 15) is 0 Å². The Labute approximate surface area is 126 Å². The van der Waals surface area contributed by atoms with Crippen LogP contribution in [-0.4, -0.2) is 28.8 Å². The molecule has 1 aliphatic rings. The minimum atomic E-state index is 0.734. The van der Waals surface area contributed by atoms with Gasteiger partial charge in [0.15, 0.2) is 0 Å². The lowest BCUT2D eigenvalue weighted by molar-refractivity contribution is 0.124. The van der Waals surface area contributed by atoms with Crippen molar-refractivity contribution in [1.82, 2.24) is 14.9 Å². The first-order valence-electron chi connectivity index (χ1n) is 8.12. The van der Waals surface area contributed by atoms with Gasteiger partial charge in [0.05, 0.1) is 6.61 Å². The number of hydrogen-bond acceptors (Lipinski definition) is 3. The highest BCUT2D eigenvalue weighted by Gasteiger charge is 2.20. The second-order valence-electron chi connectivity index (χ2n) is 5.84. The number of nitrogens with one attached hydrogen (secondary N) is 1. The standard InChI is InChI=1S/C17H25N3O/c1-2-3-10-21-11-9-20-13-14(12-19-15-6-7-15)16-5-4-8-18-17(16)20/h4-5,8,13,15,19H,2-3,6-7,9-12H2,1H3. The van der Waals surface area contributed by atoms with Crippen molar-refractivity contribution in [2.45, 2.75) is 51.7 Å². The van der Waals surface area contributed by atoms with Crippen LogP contribution in [0.25, 0.3) is 11.0 Å². The lowest BCUT2D eigenvalue weighted by atomic mass is 10.2. The molecule has 2 heterocycles. The molecular formula is C17H25N3O. The molecule has 0 radical (unpaired) electrons. The van der Waals surface area contributed by atoms with Crippen LogP contribution in [0.1, 0.15) is 38.2 Å². The second-order valence-corrected chi connectivity index (χ2v) is 5.84. The Balaban J connectivity index is 1.65. The number of nitrogens with zero attached hydrogens (tertiary/aromatic N) is 2. The van der Waals surface area contributed by atoms with Crippen molar-refractivity contribution < 1.29 is 4.74 Å². The van der Waals surface area contributed by atoms with Crippen LogP contribution in [0.15, 0.2) is 24.5 Å². The SMILES string of the molecule is CCCCOCCn1cc(CNC2CC2)c2cccnc21. The van der Waals surface area contributed by atoms with Gasteiger partial charge in [0.2, 0.25) is 0 Å². The van der Waals surface area contributed by atoms with E-state index >= 15 is 0 Å². The summed E-state index contributed by atoms with van der Waals surface area (Å²) in [5.74, 6) is 0. The zero-order chi connectivity index (χ0) is 14.5. The third-order valence-electron chi connectivity index (χ3n) is 3.99. The van der Waals surface area contributed by atoms with Crippen molar-refractivity contribution in [2.24, 2.45) is 0 Å². The summed E-state index contributed by atoms with van der Waals surface area (Å²) in [7, 11) is 0. The molecule has 0 atom stereocenters. The van der Waals surface area contributed by atoms with Crippen molar-refractivity contribution in [3.05, 3.63) is 30.1 Å². The Morgan fingerprint density at radius 2 is 2.29 bits per heavy atom.